The Morgan fingerprint density at radius 3 is 2.26 bits per heavy atom. The van der Waals surface area contributed by atoms with Gasteiger partial charge in [0.15, 0.2) is 18.1 Å². The molecule has 9 nitrogen and oxygen atoms in total. The molecular weight excluding hydrogens is 625 g/mol. The maximum Gasteiger partial charge on any atom is 0.335 e. The van der Waals surface area contributed by atoms with Gasteiger partial charge in [-0.05, 0) is 127 Å². The van der Waals surface area contributed by atoms with Gasteiger partial charge in [-0.25, -0.2) is 14.1 Å². The number of carbonyl (C=O) groups is 4. The number of ether oxygens (including phenoxy) is 2. The number of hydrogen-bond acceptors (Lipinski definition) is 6. The number of carbonyl (C=O) groups excluding carboxylic acids is 4. The normalized spacial score (nSPS) is 25.6. The van der Waals surface area contributed by atoms with Gasteiger partial charge in [0.05, 0.1) is 17.8 Å². The topological polar surface area (TPSA) is 114 Å². The number of rotatable bonds is 8. The number of methoxy groups -OCH3 is 1. The Hall–Kier alpha value is -4.70. The lowest BCUT2D eigenvalue weighted by atomic mass is 9.48. The molecule has 8 rings (SSSR count). The smallest absolute Gasteiger partial charge is 0.335 e. The number of barbiturate groups is 1. The second-order valence-electron chi connectivity index (χ2n) is 13.1. The van der Waals surface area contributed by atoms with Crippen LogP contribution in [-0.4, -0.2) is 37.5 Å². The fourth-order valence-corrected chi connectivity index (χ4v) is 8.59. The highest BCUT2D eigenvalue weighted by atomic mass is 35.5. The molecule has 4 bridgehead atoms. The molecule has 4 aliphatic carbocycles. The SMILES string of the molecule is COc1cc(/C=C2\C(=O)NC(=O)N(c3ccc(C45CC6CC(CC(C6)C4)C5)cc3)C2=O)cc(Cl)c1OCC(=O)Nc1ccc(F)cc1. The fourth-order valence-electron chi connectivity index (χ4n) is 8.32. The third kappa shape index (κ3) is 5.98. The van der Waals surface area contributed by atoms with E-state index in [1.807, 2.05) is 12.1 Å². The van der Waals surface area contributed by atoms with E-state index in [2.05, 4.69) is 10.6 Å². The number of nitrogens with one attached hydrogen (secondary N) is 2. The van der Waals surface area contributed by atoms with Gasteiger partial charge in [0.25, 0.3) is 17.7 Å². The average Bonchev–Trinajstić information content (AvgIpc) is 3.03. The summed E-state index contributed by atoms with van der Waals surface area (Å²) in [4.78, 5) is 52.8. The van der Waals surface area contributed by atoms with E-state index in [1.165, 1.54) is 93.7 Å². The van der Waals surface area contributed by atoms with Crippen LogP contribution >= 0.6 is 11.6 Å². The van der Waals surface area contributed by atoms with Crippen LogP contribution in [0, 0.1) is 23.6 Å². The molecule has 4 saturated carbocycles. The molecule has 1 saturated heterocycles. The van der Waals surface area contributed by atoms with Gasteiger partial charge in [0.1, 0.15) is 11.4 Å². The van der Waals surface area contributed by atoms with E-state index in [1.54, 1.807) is 12.1 Å². The Morgan fingerprint density at radius 1 is 1.00 bits per heavy atom. The zero-order chi connectivity index (χ0) is 32.9. The number of nitrogens with zero attached hydrogens (tertiary/aromatic N) is 1. The maximum atomic E-state index is 13.6. The first kappa shape index (κ1) is 30.9. The van der Waals surface area contributed by atoms with Crippen molar-refractivity contribution in [2.45, 2.75) is 43.9 Å². The summed E-state index contributed by atoms with van der Waals surface area (Å²) < 4.78 is 24.2. The van der Waals surface area contributed by atoms with Crippen LogP contribution in [0.5, 0.6) is 11.5 Å². The molecule has 0 atom stereocenters. The second-order valence-corrected chi connectivity index (χ2v) is 13.5. The molecule has 5 amide bonds. The van der Waals surface area contributed by atoms with Crippen molar-refractivity contribution in [3.05, 3.63) is 88.2 Å². The number of amides is 5. The van der Waals surface area contributed by atoms with Crippen molar-refractivity contribution >= 4 is 52.8 Å². The van der Waals surface area contributed by atoms with Gasteiger partial charge in [-0.3, -0.25) is 19.7 Å². The minimum absolute atomic E-state index is 0.0580. The van der Waals surface area contributed by atoms with Gasteiger partial charge >= 0.3 is 6.03 Å². The largest absolute Gasteiger partial charge is 0.493 e. The minimum Gasteiger partial charge on any atom is -0.493 e. The van der Waals surface area contributed by atoms with Crippen molar-refractivity contribution < 1.29 is 33.0 Å². The first-order valence-electron chi connectivity index (χ1n) is 15.7. The zero-order valence-electron chi connectivity index (χ0n) is 25.7. The monoisotopic (exact) mass is 657 g/mol. The van der Waals surface area contributed by atoms with Crippen LogP contribution in [0.4, 0.5) is 20.6 Å². The van der Waals surface area contributed by atoms with Crippen molar-refractivity contribution in [2.24, 2.45) is 17.8 Å². The van der Waals surface area contributed by atoms with Crippen LogP contribution in [0.1, 0.15) is 49.7 Å². The van der Waals surface area contributed by atoms with E-state index in [0.29, 0.717) is 16.9 Å². The molecule has 11 heteroatoms. The average molecular weight is 658 g/mol. The van der Waals surface area contributed by atoms with E-state index in [9.17, 15) is 23.6 Å². The Morgan fingerprint density at radius 2 is 1.64 bits per heavy atom. The summed E-state index contributed by atoms with van der Waals surface area (Å²) in [6.45, 7) is -0.423. The minimum atomic E-state index is -0.839. The summed E-state index contributed by atoms with van der Waals surface area (Å²) in [6, 6.07) is 15.0. The predicted molar refractivity (Wildman–Crippen MR) is 174 cm³/mol. The molecule has 47 heavy (non-hydrogen) atoms. The van der Waals surface area contributed by atoms with Gasteiger partial charge < -0.3 is 14.8 Å². The molecule has 0 aromatic heterocycles. The van der Waals surface area contributed by atoms with E-state index >= 15 is 0 Å². The predicted octanol–water partition coefficient (Wildman–Crippen LogP) is 6.64. The lowest BCUT2D eigenvalue weighted by Gasteiger charge is -2.57. The third-order valence-corrected chi connectivity index (χ3v) is 10.2. The molecule has 0 spiro atoms. The van der Waals surface area contributed by atoms with Crippen molar-refractivity contribution in [1.29, 1.82) is 0 Å². The van der Waals surface area contributed by atoms with E-state index in [4.69, 9.17) is 21.1 Å². The Labute approximate surface area is 276 Å². The second kappa shape index (κ2) is 12.2. The highest BCUT2D eigenvalue weighted by Gasteiger charge is 2.51. The Bertz CT molecular complexity index is 1770. The third-order valence-electron chi connectivity index (χ3n) is 9.92. The first-order valence-corrected chi connectivity index (χ1v) is 16.1. The van der Waals surface area contributed by atoms with Gasteiger partial charge in [-0.15, -0.1) is 0 Å². The quantitative estimate of drug-likeness (QED) is 0.207. The molecule has 1 aliphatic heterocycles. The number of hydrogen-bond donors (Lipinski definition) is 2. The van der Waals surface area contributed by atoms with Crippen molar-refractivity contribution in [3.8, 4) is 11.5 Å². The maximum absolute atomic E-state index is 13.6. The number of halogens is 2. The van der Waals surface area contributed by atoms with Gasteiger partial charge in [0.2, 0.25) is 0 Å². The van der Waals surface area contributed by atoms with Gasteiger partial charge in [-0.2, -0.15) is 0 Å². The van der Waals surface area contributed by atoms with Crippen LogP contribution in [0.25, 0.3) is 6.08 Å². The van der Waals surface area contributed by atoms with Crippen molar-refractivity contribution in [1.82, 2.24) is 5.32 Å². The molecule has 5 fully saturated rings. The first-order chi connectivity index (χ1) is 22.6. The number of benzene rings is 3. The lowest BCUT2D eigenvalue weighted by molar-refractivity contribution is -0.122. The lowest BCUT2D eigenvalue weighted by Crippen LogP contribution is -2.54. The molecule has 3 aromatic carbocycles. The van der Waals surface area contributed by atoms with Crippen LogP contribution in [0.3, 0.4) is 0 Å². The number of anilines is 2. The molecule has 1 heterocycles. The van der Waals surface area contributed by atoms with Gasteiger partial charge in [0, 0.05) is 5.69 Å². The van der Waals surface area contributed by atoms with E-state index < -0.39 is 36.2 Å². The summed E-state index contributed by atoms with van der Waals surface area (Å²) in [5.74, 6) is 0.0254. The van der Waals surface area contributed by atoms with Crippen LogP contribution in [0.2, 0.25) is 5.02 Å². The summed E-state index contributed by atoms with van der Waals surface area (Å²) in [7, 11) is 1.37. The summed E-state index contributed by atoms with van der Waals surface area (Å²) >= 11 is 6.48. The molecular formula is C36H33ClFN3O6. The van der Waals surface area contributed by atoms with Crippen LogP contribution in [0.15, 0.2) is 66.2 Å². The molecule has 0 unspecified atom stereocenters. The van der Waals surface area contributed by atoms with Crippen molar-refractivity contribution in [2.75, 3.05) is 23.9 Å². The molecule has 5 aliphatic rings. The number of urea groups is 1. The standard InChI is InChI=1S/C36H33ClFN3O6/c1-46-30-15-20(14-29(37)32(30)47-19-31(42)39-26-6-4-25(38)5-7-26)13-28-33(43)40-35(45)41(34(28)44)27-8-2-24(3-9-27)36-16-21-10-22(17-36)12-23(11-21)18-36/h2-9,13-15,21-23H,10-12,16-19H2,1H3,(H,39,42)(H,40,43,45)/b28-13+. The molecule has 3 aromatic rings. The summed E-state index contributed by atoms with van der Waals surface area (Å²) in [5.41, 5.74) is 2.26. The molecule has 242 valence electrons. The van der Waals surface area contributed by atoms with Crippen LogP contribution < -0.4 is 25.0 Å². The van der Waals surface area contributed by atoms with Crippen LogP contribution in [-0.2, 0) is 19.8 Å². The fraction of sp³-hybridized carbons (Fsp3) is 0.333. The Balaban J connectivity index is 1.08. The molecule has 0 radical (unpaired) electrons. The van der Waals surface area contributed by atoms with Crippen molar-refractivity contribution in [3.63, 3.8) is 0 Å². The highest BCUT2D eigenvalue weighted by Crippen LogP contribution is 2.60. The van der Waals surface area contributed by atoms with E-state index in [0.717, 1.165) is 22.7 Å². The Kier molecular flexibility index (Phi) is 8.00. The highest BCUT2D eigenvalue weighted by molar-refractivity contribution is 6.39. The number of imide groups is 2. The summed E-state index contributed by atoms with van der Waals surface area (Å²) in [6.07, 6.45) is 8.93. The summed E-state index contributed by atoms with van der Waals surface area (Å²) in [5, 5.41) is 4.91. The zero-order valence-corrected chi connectivity index (χ0v) is 26.4. The molecule has 2 N–H and O–H groups in total. The van der Waals surface area contributed by atoms with E-state index in [-0.39, 0.29) is 27.5 Å². The van der Waals surface area contributed by atoms with Gasteiger partial charge in [-0.1, -0.05) is 23.7 Å².